The molecule has 0 bridgehead atoms. The van der Waals surface area contributed by atoms with E-state index in [1.165, 1.54) is 11.1 Å². The maximum Gasteiger partial charge on any atom is 0.307 e. The molecule has 0 aromatic heterocycles. The molecule has 0 unspecified atom stereocenters. The van der Waals surface area contributed by atoms with Crippen molar-refractivity contribution in [1.29, 1.82) is 0 Å². The first kappa shape index (κ1) is 19.1. The van der Waals surface area contributed by atoms with Gasteiger partial charge in [-0.1, -0.05) is 18.2 Å². The van der Waals surface area contributed by atoms with Crippen LogP contribution in [0.5, 0.6) is 0 Å². The van der Waals surface area contributed by atoms with Crippen LogP contribution in [0.2, 0.25) is 0 Å². The Morgan fingerprint density at radius 3 is 2.56 bits per heavy atom. The number of ether oxygens (including phenoxy) is 1. The summed E-state index contributed by atoms with van der Waals surface area (Å²) in [5.74, 6) is -0.0719. The first-order chi connectivity index (χ1) is 11.9. The fourth-order valence-corrected chi connectivity index (χ4v) is 3.12. The molecule has 1 amide bonds. The fourth-order valence-electron chi connectivity index (χ4n) is 2.19. The summed E-state index contributed by atoms with van der Waals surface area (Å²) >= 11 is 1.61. The van der Waals surface area contributed by atoms with Gasteiger partial charge in [-0.15, -0.1) is 11.8 Å². The normalized spacial score (nSPS) is 10.4. The predicted octanol–water partition coefficient (Wildman–Crippen LogP) is 4.28. The zero-order valence-corrected chi connectivity index (χ0v) is 15.6. The van der Waals surface area contributed by atoms with Gasteiger partial charge in [0, 0.05) is 16.3 Å². The summed E-state index contributed by atoms with van der Waals surface area (Å²) in [6.07, 6.45) is 0.273. The van der Waals surface area contributed by atoms with Crippen molar-refractivity contribution < 1.29 is 14.3 Å². The average molecular weight is 357 g/mol. The predicted molar refractivity (Wildman–Crippen MR) is 102 cm³/mol. The SMILES string of the molecule is Cc1cccc(NC(=O)COC(=O)CCSc2ccc(C)c(C)c2)c1. The summed E-state index contributed by atoms with van der Waals surface area (Å²) in [6, 6.07) is 13.7. The molecule has 0 radical (unpaired) electrons. The molecule has 5 heteroatoms. The van der Waals surface area contributed by atoms with Crippen LogP contribution in [0.4, 0.5) is 5.69 Å². The lowest BCUT2D eigenvalue weighted by molar-refractivity contribution is -0.146. The molecule has 0 spiro atoms. The van der Waals surface area contributed by atoms with Crippen molar-refractivity contribution >= 4 is 29.3 Å². The van der Waals surface area contributed by atoms with E-state index in [2.05, 4.69) is 31.3 Å². The topological polar surface area (TPSA) is 55.4 Å². The lowest BCUT2D eigenvalue weighted by Crippen LogP contribution is -2.21. The summed E-state index contributed by atoms with van der Waals surface area (Å²) < 4.78 is 5.02. The Morgan fingerprint density at radius 1 is 1.04 bits per heavy atom. The van der Waals surface area contributed by atoms with Crippen LogP contribution in [0.1, 0.15) is 23.1 Å². The molecule has 2 aromatic rings. The Labute approximate surface area is 153 Å². The molecule has 25 heavy (non-hydrogen) atoms. The minimum atomic E-state index is -0.365. The second-order valence-electron chi connectivity index (χ2n) is 5.92. The molecule has 132 valence electrons. The van der Waals surface area contributed by atoms with E-state index in [4.69, 9.17) is 4.74 Å². The number of carbonyl (C=O) groups excluding carboxylic acids is 2. The molecule has 4 nitrogen and oxygen atoms in total. The van der Waals surface area contributed by atoms with Crippen LogP contribution in [0.25, 0.3) is 0 Å². The number of anilines is 1. The van der Waals surface area contributed by atoms with Gasteiger partial charge in [-0.25, -0.2) is 0 Å². The van der Waals surface area contributed by atoms with Crippen LogP contribution in [0.3, 0.4) is 0 Å². The third-order valence-electron chi connectivity index (χ3n) is 3.72. The van der Waals surface area contributed by atoms with Crippen LogP contribution in [-0.2, 0) is 14.3 Å². The number of nitrogens with one attached hydrogen (secondary N) is 1. The Morgan fingerprint density at radius 2 is 1.84 bits per heavy atom. The second-order valence-corrected chi connectivity index (χ2v) is 7.09. The van der Waals surface area contributed by atoms with Crippen LogP contribution >= 0.6 is 11.8 Å². The maximum absolute atomic E-state index is 11.8. The van der Waals surface area contributed by atoms with E-state index in [9.17, 15) is 9.59 Å². The standard InChI is InChI=1S/C20H23NO3S/c1-14-5-4-6-17(11-14)21-19(22)13-24-20(23)9-10-25-18-8-7-15(2)16(3)12-18/h4-8,11-12H,9-10,13H2,1-3H3,(H,21,22). The van der Waals surface area contributed by atoms with Gasteiger partial charge in [-0.05, 0) is 61.7 Å². The third kappa shape index (κ3) is 6.63. The molecule has 0 aliphatic carbocycles. The highest BCUT2D eigenvalue weighted by molar-refractivity contribution is 7.99. The first-order valence-electron chi connectivity index (χ1n) is 8.16. The number of esters is 1. The van der Waals surface area contributed by atoms with Gasteiger partial charge in [0.2, 0.25) is 0 Å². The maximum atomic E-state index is 11.8. The largest absolute Gasteiger partial charge is 0.456 e. The van der Waals surface area contributed by atoms with Gasteiger partial charge >= 0.3 is 5.97 Å². The van der Waals surface area contributed by atoms with E-state index < -0.39 is 0 Å². The van der Waals surface area contributed by atoms with E-state index in [1.54, 1.807) is 17.8 Å². The number of rotatable bonds is 7. The van der Waals surface area contributed by atoms with Crippen molar-refractivity contribution in [3.63, 3.8) is 0 Å². The molecule has 0 fully saturated rings. The van der Waals surface area contributed by atoms with Crippen LogP contribution in [-0.4, -0.2) is 24.2 Å². The number of hydrogen-bond acceptors (Lipinski definition) is 4. The van der Waals surface area contributed by atoms with Crippen LogP contribution < -0.4 is 5.32 Å². The Hall–Kier alpha value is -2.27. The van der Waals surface area contributed by atoms with Gasteiger partial charge in [0.25, 0.3) is 5.91 Å². The summed E-state index contributed by atoms with van der Waals surface area (Å²) in [6.45, 7) is 5.83. The fraction of sp³-hybridized carbons (Fsp3) is 0.300. The van der Waals surface area contributed by atoms with Crippen molar-refractivity contribution in [3.8, 4) is 0 Å². The van der Waals surface area contributed by atoms with Gasteiger partial charge in [-0.3, -0.25) is 9.59 Å². The molecule has 1 N–H and O–H groups in total. The Kier molecular flexibility index (Phi) is 7.07. The van der Waals surface area contributed by atoms with Crippen molar-refractivity contribution in [2.45, 2.75) is 32.1 Å². The van der Waals surface area contributed by atoms with E-state index in [-0.39, 0.29) is 24.9 Å². The van der Waals surface area contributed by atoms with Crippen molar-refractivity contribution in [3.05, 3.63) is 59.2 Å². The van der Waals surface area contributed by atoms with Crippen LogP contribution in [0.15, 0.2) is 47.4 Å². The van der Waals surface area contributed by atoms with E-state index in [0.29, 0.717) is 11.4 Å². The molecule has 2 aromatic carbocycles. The highest BCUT2D eigenvalue weighted by Gasteiger charge is 2.08. The molecule has 0 saturated heterocycles. The zero-order valence-electron chi connectivity index (χ0n) is 14.8. The number of hydrogen-bond donors (Lipinski definition) is 1. The minimum absolute atomic E-state index is 0.263. The number of amides is 1. The van der Waals surface area contributed by atoms with Gasteiger partial charge < -0.3 is 10.1 Å². The van der Waals surface area contributed by atoms with Gasteiger partial charge in [0.15, 0.2) is 6.61 Å². The van der Waals surface area contributed by atoms with Crippen molar-refractivity contribution in [2.75, 3.05) is 17.7 Å². The molecular weight excluding hydrogens is 334 g/mol. The lowest BCUT2D eigenvalue weighted by atomic mass is 10.1. The average Bonchev–Trinajstić information content (AvgIpc) is 2.56. The second kappa shape index (κ2) is 9.28. The monoisotopic (exact) mass is 357 g/mol. The quantitative estimate of drug-likeness (QED) is 0.594. The smallest absolute Gasteiger partial charge is 0.307 e. The van der Waals surface area contributed by atoms with E-state index in [0.717, 1.165) is 10.5 Å². The Bertz CT molecular complexity index is 758. The summed E-state index contributed by atoms with van der Waals surface area (Å²) in [5, 5.41) is 2.71. The minimum Gasteiger partial charge on any atom is -0.456 e. The first-order valence-corrected chi connectivity index (χ1v) is 9.15. The molecule has 0 aliphatic heterocycles. The summed E-state index contributed by atoms with van der Waals surface area (Å²) in [4.78, 5) is 24.7. The van der Waals surface area contributed by atoms with Crippen molar-refractivity contribution in [1.82, 2.24) is 0 Å². The molecule has 2 rings (SSSR count). The van der Waals surface area contributed by atoms with E-state index in [1.807, 2.05) is 31.2 Å². The molecule has 0 aliphatic rings. The summed E-state index contributed by atoms with van der Waals surface area (Å²) in [5.41, 5.74) is 4.24. The number of thioether (sulfide) groups is 1. The van der Waals surface area contributed by atoms with E-state index >= 15 is 0 Å². The molecule has 0 atom stereocenters. The van der Waals surface area contributed by atoms with Crippen molar-refractivity contribution in [2.24, 2.45) is 0 Å². The highest BCUT2D eigenvalue weighted by Crippen LogP contribution is 2.21. The van der Waals surface area contributed by atoms with Gasteiger partial charge in [-0.2, -0.15) is 0 Å². The Balaban J connectivity index is 1.68. The number of carbonyl (C=O) groups is 2. The molecular formula is C20H23NO3S. The summed E-state index contributed by atoms with van der Waals surface area (Å²) in [7, 11) is 0. The van der Waals surface area contributed by atoms with Gasteiger partial charge in [0.1, 0.15) is 0 Å². The van der Waals surface area contributed by atoms with Gasteiger partial charge in [0.05, 0.1) is 6.42 Å². The number of aryl methyl sites for hydroxylation is 3. The van der Waals surface area contributed by atoms with Crippen LogP contribution in [0, 0.1) is 20.8 Å². The lowest BCUT2D eigenvalue weighted by Gasteiger charge is -2.08. The zero-order chi connectivity index (χ0) is 18.2. The highest BCUT2D eigenvalue weighted by atomic mass is 32.2. The molecule has 0 heterocycles. The third-order valence-corrected chi connectivity index (χ3v) is 4.71. The molecule has 0 saturated carbocycles. The number of benzene rings is 2.